The Morgan fingerprint density at radius 2 is 1.95 bits per heavy atom. The number of rotatable bonds is 8. The van der Waals surface area contributed by atoms with Gasteiger partial charge in [-0.05, 0) is 96.6 Å². The molecule has 2 aliphatic rings. The molecule has 0 bridgehead atoms. The zero-order valence-electron chi connectivity index (χ0n) is 23.7. The molecular weight excluding hydrogens is 555 g/mol. The van der Waals surface area contributed by atoms with E-state index in [9.17, 15) is 9.18 Å². The quantitative estimate of drug-likeness (QED) is 0.210. The fraction of sp³-hybridized carbons (Fsp3) is 0.333. The lowest BCUT2D eigenvalue weighted by Crippen LogP contribution is -2.33. The first-order chi connectivity index (χ1) is 20.0. The molecule has 1 heterocycles. The van der Waals surface area contributed by atoms with Gasteiger partial charge in [0, 0.05) is 47.0 Å². The molecule has 1 aromatic heterocycles. The van der Waals surface area contributed by atoms with Gasteiger partial charge < -0.3 is 9.47 Å². The zero-order chi connectivity index (χ0) is 28.9. The molecule has 41 heavy (non-hydrogen) atoms. The van der Waals surface area contributed by atoms with Crippen molar-refractivity contribution in [3.05, 3.63) is 112 Å². The SMILES string of the molecule is CC.Cn1ccnc1CN(C(=O)[C@H]1C[C@@H]1c1ccccc1Cl)c1ccc2c(c1)C(NSc1cccc(F)c1)CCC2. The van der Waals surface area contributed by atoms with E-state index in [1.165, 1.54) is 35.2 Å². The summed E-state index contributed by atoms with van der Waals surface area (Å²) in [6.45, 7) is 4.39. The van der Waals surface area contributed by atoms with E-state index in [4.69, 9.17) is 11.6 Å². The van der Waals surface area contributed by atoms with Crippen LogP contribution in [-0.2, 0) is 24.8 Å². The number of aromatic nitrogens is 2. The van der Waals surface area contributed by atoms with Crippen LogP contribution in [0.2, 0.25) is 5.02 Å². The highest BCUT2D eigenvalue weighted by atomic mass is 35.5. The summed E-state index contributed by atoms with van der Waals surface area (Å²) in [7, 11) is 1.95. The normalized spacial score (nSPS) is 19.1. The maximum Gasteiger partial charge on any atom is 0.231 e. The van der Waals surface area contributed by atoms with Gasteiger partial charge in [-0.1, -0.05) is 55.8 Å². The summed E-state index contributed by atoms with van der Waals surface area (Å²) < 4.78 is 19.2. The standard InChI is InChI=1S/C31H30ClFN4OS.C2H6/c1-36-15-14-34-30(36)19-37(31(38)27-18-26(27)24-9-2-3-10-28(24)32)22-13-12-20-6-4-11-29(25(20)17-22)35-39-23-8-5-7-21(33)16-23;1-2/h2-3,5,7-10,12-17,26-27,29,35H,4,6,11,18-19H2,1H3;1-2H3/t26-,27+,29?;/m1./s1. The Balaban J connectivity index is 0.00000165. The number of nitrogens with zero attached hydrogens (tertiary/aromatic N) is 3. The molecule has 4 aromatic rings. The molecule has 2 aliphatic carbocycles. The lowest BCUT2D eigenvalue weighted by Gasteiger charge is -2.29. The number of hydrogen-bond acceptors (Lipinski definition) is 4. The number of halogens is 2. The Morgan fingerprint density at radius 3 is 2.71 bits per heavy atom. The number of hydrogen-bond donors (Lipinski definition) is 1. The average molecular weight is 591 g/mol. The number of carbonyl (C=O) groups is 1. The lowest BCUT2D eigenvalue weighted by atomic mass is 9.87. The predicted molar refractivity (Wildman–Crippen MR) is 166 cm³/mol. The second kappa shape index (κ2) is 13.2. The third-order valence-electron chi connectivity index (χ3n) is 7.77. The fourth-order valence-corrected chi connectivity index (χ4v) is 6.64. The van der Waals surface area contributed by atoms with Gasteiger partial charge in [0.2, 0.25) is 5.91 Å². The summed E-state index contributed by atoms with van der Waals surface area (Å²) in [5.74, 6) is 0.694. The number of amides is 1. The molecule has 5 nitrogen and oxygen atoms in total. The van der Waals surface area contributed by atoms with Crippen molar-refractivity contribution in [1.29, 1.82) is 0 Å². The van der Waals surface area contributed by atoms with E-state index in [0.29, 0.717) is 11.6 Å². The molecule has 3 atom stereocenters. The van der Waals surface area contributed by atoms with Gasteiger partial charge in [-0.15, -0.1) is 0 Å². The monoisotopic (exact) mass is 590 g/mol. The molecule has 1 unspecified atom stereocenters. The highest BCUT2D eigenvalue weighted by Gasteiger charge is 2.47. The molecule has 1 saturated carbocycles. The second-order valence-corrected chi connectivity index (χ2v) is 11.7. The number of anilines is 1. The first kappa shape index (κ1) is 29.4. The highest BCUT2D eigenvalue weighted by Crippen LogP contribution is 2.51. The first-order valence-electron chi connectivity index (χ1n) is 14.3. The minimum absolute atomic E-state index is 0.0947. The molecule has 3 aromatic carbocycles. The van der Waals surface area contributed by atoms with E-state index in [-0.39, 0.29) is 29.6 Å². The van der Waals surface area contributed by atoms with Gasteiger partial charge in [-0.25, -0.2) is 9.37 Å². The van der Waals surface area contributed by atoms with E-state index in [0.717, 1.165) is 47.7 Å². The van der Waals surface area contributed by atoms with Crippen molar-refractivity contribution in [3.8, 4) is 0 Å². The van der Waals surface area contributed by atoms with E-state index in [1.807, 2.05) is 66.9 Å². The molecule has 0 aliphatic heterocycles. The van der Waals surface area contributed by atoms with Crippen LogP contribution in [0, 0.1) is 11.7 Å². The van der Waals surface area contributed by atoms with Gasteiger partial charge >= 0.3 is 0 Å². The van der Waals surface area contributed by atoms with Crippen molar-refractivity contribution in [2.24, 2.45) is 13.0 Å². The summed E-state index contributed by atoms with van der Waals surface area (Å²) in [5, 5.41) is 0.715. The second-order valence-electron chi connectivity index (χ2n) is 10.4. The highest BCUT2D eigenvalue weighted by molar-refractivity contribution is 7.97. The van der Waals surface area contributed by atoms with Crippen LogP contribution >= 0.6 is 23.5 Å². The minimum atomic E-state index is -0.244. The Bertz CT molecular complexity index is 1510. The van der Waals surface area contributed by atoms with Crippen LogP contribution in [0.25, 0.3) is 0 Å². The van der Waals surface area contributed by atoms with Crippen LogP contribution < -0.4 is 9.62 Å². The number of benzene rings is 3. The molecule has 6 rings (SSSR count). The summed E-state index contributed by atoms with van der Waals surface area (Å²) in [4.78, 5) is 21.3. The van der Waals surface area contributed by atoms with E-state index >= 15 is 0 Å². The Labute approximate surface area is 251 Å². The summed E-state index contributed by atoms with van der Waals surface area (Å²) in [6.07, 6.45) is 7.51. The smallest absolute Gasteiger partial charge is 0.231 e. The number of imidazole rings is 1. The summed E-state index contributed by atoms with van der Waals surface area (Å²) >= 11 is 7.92. The van der Waals surface area contributed by atoms with Gasteiger partial charge in [0.05, 0.1) is 6.54 Å². The first-order valence-corrected chi connectivity index (χ1v) is 15.5. The maximum absolute atomic E-state index is 14.0. The van der Waals surface area contributed by atoms with Gasteiger partial charge in [-0.2, -0.15) is 0 Å². The average Bonchev–Trinajstić information content (AvgIpc) is 3.69. The third kappa shape index (κ3) is 6.69. The molecule has 0 spiro atoms. The number of carbonyl (C=O) groups excluding carboxylic acids is 1. The topological polar surface area (TPSA) is 50.2 Å². The van der Waals surface area contributed by atoms with Gasteiger partial charge in [0.15, 0.2) is 0 Å². The molecule has 1 fully saturated rings. The number of fused-ring (bicyclic) bond motifs is 1. The molecule has 1 amide bonds. The van der Waals surface area contributed by atoms with E-state index in [2.05, 4.69) is 27.9 Å². The van der Waals surface area contributed by atoms with Crippen LogP contribution in [0.4, 0.5) is 10.1 Å². The van der Waals surface area contributed by atoms with Crippen LogP contribution in [0.1, 0.15) is 67.6 Å². The largest absolute Gasteiger partial charge is 0.337 e. The van der Waals surface area contributed by atoms with Crippen LogP contribution in [-0.4, -0.2) is 15.5 Å². The van der Waals surface area contributed by atoms with Crippen molar-refractivity contribution >= 4 is 35.1 Å². The maximum atomic E-state index is 14.0. The van der Waals surface area contributed by atoms with Crippen molar-refractivity contribution in [2.75, 3.05) is 4.90 Å². The molecule has 0 radical (unpaired) electrons. The van der Waals surface area contributed by atoms with Crippen molar-refractivity contribution in [2.45, 2.75) is 62.9 Å². The van der Waals surface area contributed by atoms with Crippen LogP contribution in [0.5, 0.6) is 0 Å². The van der Waals surface area contributed by atoms with Gasteiger partial charge in [0.1, 0.15) is 11.6 Å². The van der Waals surface area contributed by atoms with Crippen LogP contribution in [0.15, 0.2) is 84.0 Å². The number of aryl methyl sites for hydroxylation is 2. The van der Waals surface area contributed by atoms with E-state index < -0.39 is 0 Å². The lowest BCUT2D eigenvalue weighted by molar-refractivity contribution is -0.120. The van der Waals surface area contributed by atoms with Crippen molar-refractivity contribution in [1.82, 2.24) is 14.3 Å². The molecule has 214 valence electrons. The van der Waals surface area contributed by atoms with Crippen LogP contribution in [0.3, 0.4) is 0 Å². The third-order valence-corrected chi connectivity index (χ3v) is 9.01. The Hall–Kier alpha value is -3.13. The van der Waals surface area contributed by atoms with Gasteiger partial charge in [-0.3, -0.25) is 9.52 Å². The summed E-state index contributed by atoms with van der Waals surface area (Å²) in [6, 6.07) is 20.9. The van der Waals surface area contributed by atoms with Gasteiger partial charge in [0.25, 0.3) is 0 Å². The molecule has 8 heteroatoms. The fourth-order valence-electron chi connectivity index (χ4n) is 5.52. The predicted octanol–water partition coefficient (Wildman–Crippen LogP) is 8.25. The Morgan fingerprint density at radius 1 is 1.12 bits per heavy atom. The van der Waals surface area contributed by atoms with Crippen molar-refractivity contribution < 1.29 is 9.18 Å². The number of nitrogens with one attached hydrogen (secondary N) is 1. The van der Waals surface area contributed by atoms with Crippen molar-refractivity contribution in [3.63, 3.8) is 0 Å². The summed E-state index contributed by atoms with van der Waals surface area (Å²) in [5.41, 5.74) is 4.39. The minimum Gasteiger partial charge on any atom is -0.337 e. The molecule has 0 saturated heterocycles. The Kier molecular flexibility index (Phi) is 9.48. The molecular formula is C33H36ClFN4OS. The zero-order valence-corrected chi connectivity index (χ0v) is 25.3. The molecule has 1 N–H and O–H groups in total. The van der Waals surface area contributed by atoms with E-state index in [1.54, 1.807) is 12.3 Å².